The minimum Gasteiger partial charge on any atom is -0.367 e. The number of hydrogen-bond acceptors (Lipinski definition) is 3. The Kier molecular flexibility index (Phi) is 5.49. The summed E-state index contributed by atoms with van der Waals surface area (Å²) in [4.78, 5) is 16.8. The van der Waals surface area contributed by atoms with Gasteiger partial charge in [-0.15, -0.1) is 0 Å². The maximum Gasteiger partial charge on any atom is 0.416 e. The molecule has 1 aliphatic carbocycles. The van der Waals surface area contributed by atoms with E-state index in [-0.39, 0.29) is 17.7 Å². The van der Waals surface area contributed by atoms with E-state index in [1.165, 1.54) is 12.1 Å². The predicted molar refractivity (Wildman–Crippen MR) is 110 cm³/mol. The van der Waals surface area contributed by atoms with Crippen LogP contribution in [0.4, 0.5) is 18.9 Å². The van der Waals surface area contributed by atoms with E-state index in [9.17, 15) is 23.2 Å². The lowest BCUT2D eigenvalue weighted by Gasteiger charge is -2.36. The molecular formula is C22H19BrF3N3O. The molecule has 0 spiro atoms. The van der Waals surface area contributed by atoms with Gasteiger partial charge in [-0.05, 0) is 48.2 Å². The molecular weight excluding hydrogens is 459 g/mol. The molecule has 1 amide bonds. The van der Waals surface area contributed by atoms with Crippen LogP contribution in [0.2, 0.25) is 0 Å². The van der Waals surface area contributed by atoms with E-state index in [2.05, 4.69) is 26.9 Å². The Bertz CT molecular complexity index is 992. The van der Waals surface area contributed by atoms with E-state index in [0.29, 0.717) is 38.2 Å². The highest BCUT2D eigenvalue weighted by Gasteiger charge is 2.46. The average Bonchev–Trinajstić information content (AvgIpc) is 3.54. The predicted octanol–water partition coefficient (Wildman–Crippen LogP) is 4.79. The van der Waals surface area contributed by atoms with E-state index < -0.39 is 11.7 Å². The van der Waals surface area contributed by atoms with E-state index in [1.807, 2.05) is 17.0 Å². The van der Waals surface area contributed by atoms with Crippen molar-refractivity contribution < 1.29 is 18.0 Å². The third-order valence-corrected chi connectivity index (χ3v) is 6.28. The number of piperazine rings is 1. The fourth-order valence-electron chi connectivity index (χ4n) is 4.02. The number of carbonyl (C=O) groups excluding carboxylic acids is 1. The molecule has 1 saturated carbocycles. The van der Waals surface area contributed by atoms with Crippen LogP contribution in [-0.2, 0) is 11.0 Å². The van der Waals surface area contributed by atoms with Gasteiger partial charge in [0, 0.05) is 36.6 Å². The van der Waals surface area contributed by atoms with E-state index >= 15 is 0 Å². The molecule has 4 rings (SSSR count). The Labute approximate surface area is 181 Å². The van der Waals surface area contributed by atoms with Gasteiger partial charge in [-0.25, -0.2) is 0 Å². The van der Waals surface area contributed by atoms with Crippen LogP contribution in [0, 0.1) is 17.2 Å². The SMILES string of the molecule is N#Cc1ccc(Br)cc1N1CCN(C(=O)[C@@H]2C[C@@H]2c2ccc(C(F)(F)F)cc2)CC1. The summed E-state index contributed by atoms with van der Waals surface area (Å²) in [5.41, 5.74) is 1.57. The number of anilines is 1. The van der Waals surface area contributed by atoms with Crippen molar-refractivity contribution in [3.8, 4) is 6.07 Å². The van der Waals surface area contributed by atoms with Crippen LogP contribution in [0.1, 0.15) is 29.0 Å². The first-order valence-corrected chi connectivity index (χ1v) is 10.5. The molecule has 30 heavy (non-hydrogen) atoms. The molecule has 0 N–H and O–H groups in total. The van der Waals surface area contributed by atoms with Crippen LogP contribution in [0.15, 0.2) is 46.9 Å². The summed E-state index contributed by atoms with van der Waals surface area (Å²) in [6, 6.07) is 12.9. The Morgan fingerprint density at radius 2 is 1.73 bits per heavy atom. The van der Waals surface area contributed by atoms with Gasteiger partial charge < -0.3 is 9.80 Å². The Hall–Kier alpha value is -2.53. The minimum absolute atomic E-state index is 0.00640. The molecule has 0 bridgehead atoms. The Morgan fingerprint density at radius 1 is 1.07 bits per heavy atom. The largest absolute Gasteiger partial charge is 0.416 e. The molecule has 156 valence electrons. The van der Waals surface area contributed by atoms with Crippen molar-refractivity contribution in [2.45, 2.75) is 18.5 Å². The zero-order chi connectivity index (χ0) is 21.5. The Balaban J connectivity index is 1.36. The standard InChI is InChI=1S/C22H19BrF3N3O/c23-17-6-3-15(13-27)20(11-17)28-7-9-29(10-8-28)21(30)19-12-18(19)14-1-4-16(5-2-14)22(24,25)26/h1-6,11,18-19H,7-10,12H2/t18-,19-/m1/s1. The van der Waals surface area contributed by atoms with Crippen LogP contribution in [0.25, 0.3) is 0 Å². The number of amides is 1. The second-order valence-electron chi connectivity index (χ2n) is 7.65. The van der Waals surface area contributed by atoms with Gasteiger partial charge in [0.25, 0.3) is 0 Å². The van der Waals surface area contributed by atoms with Gasteiger partial charge in [0.05, 0.1) is 16.8 Å². The van der Waals surface area contributed by atoms with Gasteiger partial charge in [-0.2, -0.15) is 18.4 Å². The molecule has 0 unspecified atom stereocenters. The van der Waals surface area contributed by atoms with Crippen molar-refractivity contribution in [2.24, 2.45) is 5.92 Å². The van der Waals surface area contributed by atoms with Crippen LogP contribution in [0.5, 0.6) is 0 Å². The maximum atomic E-state index is 12.9. The third kappa shape index (κ3) is 4.17. The quantitative estimate of drug-likeness (QED) is 0.638. The molecule has 2 aliphatic rings. The Morgan fingerprint density at radius 3 is 2.33 bits per heavy atom. The van der Waals surface area contributed by atoms with Gasteiger partial charge in [-0.1, -0.05) is 28.1 Å². The zero-order valence-electron chi connectivity index (χ0n) is 16.0. The smallest absolute Gasteiger partial charge is 0.367 e. The summed E-state index contributed by atoms with van der Waals surface area (Å²) in [6.07, 6.45) is -3.68. The molecule has 1 saturated heterocycles. The molecule has 2 aromatic carbocycles. The van der Waals surface area contributed by atoms with Crippen molar-refractivity contribution >= 4 is 27.5 Å². The first kappa shape index (κ1) is 20.7. The fraction of sp³-hybridized carbons (Fsp3) is 0.364. The monoisotopic (exact) mass is 477 g/mol. The number of carbonyl (C=O) groups is 1. The molecule has 2 fully saturated rings. The van der Waals surface area contributed by atoms with Crippen LogP contribution in [0.3, 0.4) is 0 Å². The second kappa shape index (κ2) is 7.95. The molecule has 2 atom stereocenters. The lowest BCUT2D eigenvalue weighted by molar-refractivity contribution is -0.137. The highest BCUT2D eigenvalue weighted by molar-refractivity contribution is 9.10. The number of nitriles is 1. The summed E-state index contributed by atoms with van der Waals surface area (Å²) >= 11 is 3.44. The van der Waals surface area contributed by atoms with Gasteiger partial charge in [0.2, 0.25) is 5.91 Å². The van der Waals surface area contributed by atoms with Crippen molar-refractivity contribution in [2.75, 3.05) is 31.1 Å². The molecule has 1 heterocycles. The number of halogens is 4. The summed E-state index contributed by atoms with van der Waals surface area (Å²) in [5, 5.41) is 9.34. The van der Waals surface area contributed by atoms with Gasteiger partial charge >= 0.3 is 6.18 Å². The minimum atomic E-state index is -4.35. The van der Waals surface area contributed by atoms with Crippen LogP contribution < -0.4 is 4.90 Å². The number of alkyl halides is 3. The van der Waals surface area contributed by atoms with Crippen LogP contribution in [-0.4, -0.2) is 37.0 Å². The number of nitrogens with zero attached hydrogens (tertiary/aromatic N) is 3. The number of hydrogen-bond donors (Lipinski definition) is 0. The zero-order valence-corrected chi connectivity index (χ0v) is 17.6. The van der Waals surface area contributed by atoms with Gasteiger partial charge in [0.15, 0.2) is 0 Å². The van der Waals surface area contributed by atoms with Gasteiger partial charge in [0.1, 0.15) is 6.07 Å². The second-order valence-corrected chi connectivity index (χ2v) is 8.57. The lowest BCUT2D eigenvalue weighted by atomic mass is 10.1. The molecule has 2 aromatic rings. The van der Waals surface area contributed by atoms with E-state index in [1.54, 1.807) is 6.07 Å². The normalized spacial score (nSPS) is 21.3. The van der Waals surface area contributed by atoms with E-state index in [0.717, 1.165) is 27.9 Å². The van der Waals surface area contributed by atoms with E-state index in [4.69, 9.17) is 0 Å². The molecule has 8 heteroatoms. The van der Waals surface area contributed by atoms with Crippen molar-refractivity contribution in [1.82, 2.24) is 4.90 Å². The first-order chi connectivity index (χ1) is 14.3. The lowest BCUT2D eigenvalue weighted by Crippen LogP contribution is -2.49. The molecule has 0 radical (unpaired) electrons. The molecule has 0 aromatic heterocycles. The summed E-state index contributed by atoms with van der Waals surface area (Å²) in [7, 11) is 0. The fourth-order valence-corrected chi connectivity index (χ4v) is 4.37. The summed E-state index contributed by atoms with van der Waals surface area (Å²) in [6.45, 7) is 2.39. The summed E-state index contributed by atoms with van der Waals surface area (Å²) < 4.78 is 39.1. The highest BCUT2D eigenvalue weighted by Crippen LogP contribution is 2.49. The van der Waals surface area contributed by atoms with Crippen LogP contribution >= 0.6 is 15.9 Å². The average molecular weight is 478 g/mol. The maximum absolute atomic E-state index is 12.9. The van der Waals surface area contributed by atoms with Crippen molar-refractivity contribution in [3.63, 3.8) is 0 Å². The topological polar surface area (TPSA) is 47.3 Å². The van der Waals surface area contributed by atoms with Gasteiger partial charge in [-0.3, -0.25) is 4.79 Å². The first-order valence-electron chi connectivity index (χ1n) is 9.68. The summed E-state index contributed by atoms with van der Waals surface area (Å²) in [5.74, 6) is -0.101. The molecule has 1 aliphatic heterocycles. The third-order valence-electron chi connectivity index (χ3n) is 5.79. The molecule has 4 nitrogen and oxygen atoms in total. The van der Waals surface area contributed by atoms with Crippen molar-refractivity contribution in [3.05, 3.63) is 63.6 Å². The number of rotatable bonds is 3. The highest BCUT2D eigenvalue weighted by atomic mass is 79.9. The number of benzene rings is 2. The van der Waals surface area contributed by atoms with Crippen molar-refractivity contribution in [1.29, 1.82) is 5.26 Å².